The van der Waals surface area contributed by atoms with Crippen LogP contribution in [0.4, 0.5) is 4.39 Å². The van der Waals surface area contributed by atoms with E-state index < -0.39 is 5.95 Å². The van der Waals surface area contributed by atoms with Gasteiger partial charge in [0.25, 0.3) is 0 Å². The van der Waals surface area contributed by atoms with Gasteiger partial charge in [0.2, 0.25) is 5.95 Å². The highest BCUT2D eigenvalue weighted by Crippen LogP contribution is 2.15. The molecule has 0 aliphatic rings. The molecule has 0 N–H and O–H groups in total. The summed E-state index contributed by atoms with van der Waals surface area (Å²) >= 11 is 0. The number of nitriles is 1. The van der Waals surface area contributed by atoms with Crippen molar-refractivity contribution in [2.75, 3.05) is 0 Å². The molecule has 72 valence electrons. The van der Waals surface area contributed by atoms with Crippen molar-refractivity contribution in [2.45, 2.75) is 0 Å². The van der Waals surface area contributed by atoms with Crippen LogP contribution in [0.15, 0.2) is 36.5 Å². The van der Waals surface area contributed by atoms with Crippen LogP contribution in [-0.2, 0) is 0 Å². The molecule has 2 aromatic rings. The molecule has 0 unspecified atom stereocenters. The molecular formula is C11H6FN3. The zero-order valence-electron chi connectivity index (χ0n) is 7.68. The number of nitrogens with zero attached hydrogens (tertiary/aromatic N) is 3. The molecule has 0 aliphatic heterocycles. The monoisotopic (exact) mass is 199 g/mol. The molecule has 0 atom stereocenters. The molecule has 0 saturated heterocycles. The van der Waals surface area contributed by atoms with Gasteiger partial charge in [-0.15, -0.1) is 0 Å². The predicted molar refractivity (Wildman–Crippen MR) is 52.1 cm³/mol. The SMILES string of the molecule is N#Cc1ccc(-c2cccc(F)n2)cn1. The fourth-order valence-corrected chi connectivity index (χ4v) is 1.18. The van der Waals surface area contributed by atoms with E-state index in [0.717, 1.165) is 0 Å². The van der Waals surface area contributed by atoms with Gasteiger partial charge in [0.1, 0.15) is 11.8 Å². The highest BCUT2D eigenvalue weighted by molar-refractivity contribution is 5.57. The first-order valence-electron chi connectivity index (χ1n) is 4.28. The lowest BCUT2D eigenvalue weighted by atomic mass is 10.2. The lowest BCUT2D eigenvalue weighted by Gasteiger charge is -1.99. The lowest BCUT2D eigenvalue weighted by molar-refractivity contribution is 0.585. The van der Waals surface area contributed by atoms with Crippen LogP contribution in [0, 0.1) is 17.3 Å². The van der Waals surface area contributed by atoms with Gasteiger partial charge >= 0.3 is 0 Å². The van der Waals surface area contributed by atoms with Crippen molar-refractivity contribution in [3.05, 3.63) is 48.2 Å². The van der Waals surface area contributed by atoms with Gasteiger partial charge in [-0.2, -0.15) is 9.65 Å². The quantitative estimate of drug-likeness (QED) is 0.661. The Kier molecular flexibility index (Phi) is 2.38. The summed E-state index contributed by atoms with van der Waals surface area (Å²) in [6, 6.07) is 9.71. The highest BCUT2D eigenvalue weighted by atomic mass is 19.1. The zero-order valence-corrected chi connectivity index (χ0v) is 7.68. The summed E-state index contributed by atoms with van der Waals surface area (Å²) in [5, 5.41) is 8.56. The number of pyridine rings is 2. The third-order valence-electron chi connectivity index (χ3n) is 1.89. The van der Waals surface area contributed by atoms with Crippen LogP contribution in [0.1, 0.15) is 5.69 Å². The number of hydrogen-bond acceptors (Lipinski definition) is 3. The molecule has 0 spiro atoms. The van der Waals surface area contributed by atoms with Crippen LogP contribution < -0.4 is 0 Å². The molecule has 4 heteroatoms. The van der Waals surface area contributed by atoms with Gasteiger partial charge in [-0.05, 0) is 24.3 Å². The average molecular weight is 199 g/mol. The summed E-state index contributed by atoms with van der Waals surface area (Å²) in [6.07, 6.45) is 1.50. The Morgan fingerprint density at radius 1 is 1.20 bits per heavy atom. The average Bonchev–Trinajstić information content (AvgIpc) is 2.29. The van der Waals surface area contributed by atoms with Crippen molar-refractivity contribution >= 4 is 0 Å². The topological polar surface area (TPSA) is 49.6 Å². The summed E-state index contributed by atoms with van der Waals surface area (Å²) in [6.45, 7) is 0. The Labute approximate surface area is 85.9 Å². The third-order valence-corrected chi connectivity index (χ3v) is 1.89. The Morgan fingerprint density at radius 2 is 2.07 bits per heavy atom. The molecule has 0 aromatic carbocycles. The van der Waals surface area contributed by atoms with Crippen molar-refractivity contribution in [2.24, 2.45) is 0 Å². The first-order chi connectivity index (χ1) is 7.29. The fraction of sp³-hybridized carbons (Fsp3) is 0. The second-order valence-corrected chi connectivity index (χ2v) is 2.89. The van der Waals surface area contributed by atoms with E-state index in [1.54, 1.807) is 24.3 Å². The molecule has 0 saturated carbocycles. The van der Waals surface area contributed by atoms with Crippen LogP contribution in [0.5, 0.6) is 0 Å². The number of hydrogen-bond donors (Lipinski definition) is 0. The Hall–Kier alpha value is -2.28. The normalized spacial score (nSPS) is 9.60. The second kappa shape index (κ2) is 3.84. The molecule has 0 fully saturated rings. The Bertz CT molecular complexity index is 514. The van der Waals surface area contributed by atoms with Gasteiger partial charge in [-0.1, -0.05) is 6.07 Å². The molecule has 2 rings (SSSR count). The van der Waals surface area contributed by atoms with Crippen molar-refractivity contribution in [1.82, 2.24) is 9.97 Å². The van der Waals surface area contributed by atoms with Crippen LogP contribution in [0.25, 0.3) is 11.3 Å². The van der Waals surface area contributed by atoms with E-state index in [0.29, 0.717) is 17.0 Å². The van der Waals surface area contributed by atoms with E-state index in [1.165, 1.54) is 12.3 Å². The van der Waals surface area contributed by atoms with Gasteiger partial charge in [-0.3, -0.25) is 0 Å². The molecule has 2 heterocycles. The Balaban J connectivity index is 2.42. The molecule has 3 nitrogen and oxygen atoms in total. The summed E-state index contributed by atoms with van der Waals surface area (Å²) in [4.78, 5) is 7.59. The molecule has 2 aromatic heterocycles. The minimum absolute atomic E-state index is 0.329. The standard InChI is InChI=1S/C11H6FN3/c12-11-3-1-2-10(15-11)8-4-5-9(6-13)14-7-8/h1-5,7H. The second-order valence-electron chi connectivity index (χ2n) is 2.89. The van der Waals surface area contributed by atoms with Crippen molar-refractivity contribution < 1.29 is 4.39 Å². The maximum atomic E-state index is 12.8. The molecule has 0 bridgehead atoms. The van der Waals surface area contributed by atoms with E-state index >= 15 is 0 Å². The van der Waals surface area contributed by atoms with Crippen LogP contribution >= 0.6 is 0 Å². The molecular weight excluding hydrogens is 193 g/mol. The first-order valence-corrected chi connectivity index (χ1v) is 4.28. The fourth-order valence-electron chi connectivity index (χ4n) is 1.18. The molecule has 0 amide bonds. The maximum absolute atomic E-state index is 12.8. The predicted octanol–water partition coefficient (Wildman–Crippen LogP) is 2.15. The van der Waals surface area contributed by atoms with Crippen LogP contribution in [-0.4, -0.2) is 9.97 Å². The van der Waals surface area contributed by atoms with Gasteiger partial charge in [-0.25, -0.2) is 9.97 Å². The van der Waals surface area contributed by atoms with Crippen molar-refractivity contribution in [3.8, 4) is 17.3 Å². The van der Waals surface area contributed by atoms with E-state index in [1.807, 2.05) is 6.07 Å². The first kappa shape index (κ1) is 9.28. The van der Waals surface area contributed by atoms with E-state index in [-0.39, 0.29) is 0 Å². The maximum Gasteiger partial charge on any atom is 0.213 e. The van der Waals surface area contributed by atoms with E-state index in [2.05, 4.69) is 9.97 Å². The summed E-state index contributed by atoms with van der Waals surface area (Å²) in [5.41, 5.74) is 1.52. The highest BCUT2D eigenvalue weighted by Gasteiger charge is 2.01. The van der Waals surface area contributed by atoms with E-state index in [9.17, 15) is 4.39 Å². The van der Waals surface area contributed by atoms with Crippen LogP contribution in [0.2, 0.25) is 0 Å². The number of rotatable bonds is 1. The summed E-state index contributed by atoms with van der Waals surface area (Å²) in [7, 11) is 0. The number of aromatic nitrogens is 2. The van der Waals surface area contributed by atoms with Gasteiger partial charge in [0.15, 0.2) is 0 Å². The Morgan fingerprint density at radius 3 is 2.67 bits per heavy atom. The van der Waals surface area contributed by atoms with Crippen LogP contribution in [0.3, 0.4) is 0 Å². The number of halogens is 1. The summed E-state index contributed by atoms with van der Waals surface area (Å²) in [5.74, 6) is -0.531. The zero-order chi connectivity index (χ0) is 10.7. The molecule has 0 radical (unpaired) electrons. The van der Waals surface area contributed by atoms with Gasteiger partial charge < -0.3 is 0 Å². The van der Waals surface area contributed by atoms with Crippen molar-refractivity contribution in [3.63, 3.8) is 0 Å². The minimum atomic E-state index is -0.531. The minimum Gasteiger partial charge on any atom is -0.245 e. The van der Waals surface area contributed by atoms with Crippen molar-refractivity contribution in [1.29, 1.82) is 5.26 Å². The van der Waals surface area contributed by atoms with Gasteiger partial charge in [0.05, 0.1) is 5.69 Å². The summed E-state index contributed by atoms with van der Waals surface area (Å²) < 4.78 is 12.8. The largest absolute Gasteiger partial charge is 0.245 e. The smallest absolute Gasteiger partial charge is 0.213 e. The molecule has 0 aliphatic carbocycles. The lowest BCUT2D eigenvalue weighted by Crippen LogP contribution is -1.88. The van der Waals surface area contributed by atoms with E-state index in [4.69, 9.17) is 5.26 Å². The van der Waals surface area contributed by atoms with Gasteiger partial charge in [0, 0.05) is 11.8 Å². The molecule has 15 heavy (non-hydrogen) atoms. The third kappa shape index (κ3) is 1.97.